The number of nitrogens with zero attached hydrogens (tertiary/aromatic N) is 2. The van der Waals surface area contributed by atoms with Gasteiger partial charge in [-0.25, -0.2) is 4.39 Å². The molecule has 6 nitrogen and oxygen atoms in total. The standard InChI is InChI=1S/C18H23ClFN3O3/c1-22(2)17(24)7-14-9-23-8-12(6-13(23)10-26-14)21-18(25)15-5-11(19)3-4-16(15)20/h3-5,12-14H,6-10H2,1-2H3,(H,21,25)/t12-,13-,14-/m0/s1. The van der Waals surface area contributed by atoms with E-state index in [1.54, 1.807) is 19.0 Å². The van der Waals surface area contributed by atoms with Crippen LogP contribution in [0.1, 0.15) is 23.2 Å². The Morgan fingerprint density at radius 2 is 2.15 bits per heavy atom. The summed E-state index contributed by atoms with van der Waals surface area (Å²) in [5.41, 5.74) is -0.0481. The number of carbonyl (C=O) groups is 2. The van der Waals surface area contributed by atoms with Crippen molar-refractivity contribution in [3.8, 4) is 0 Å². The number of rotatable bonds is 4. The van der Waals surface area contributed by atoms with Crippen LogP contribution in [0.5, 0.6) is 0 Å². The molecule has 142 valence electrons. The van der Waals surface area contributed by atoms with E-state index in [1.165, 1.54) is 18.2 Å². The zero-order valence-corrected chi connectivity index (χ0v) is 15.6. The highest BCUT2D eigenvalue weighted by Gasteiger charge is 2.38. The van der Waals surface area contributed by atoms with Gasteiger partial charge in [0.1, 0.15) is 5.82 Å². The number of morpholine rings is 1. The summed E-state index contributed by atoms with van der Waals surface area (Å²) in [6, 6.07) is 4.05. The van der Waals surface area contributed by atoms with Gasteiger partial charge in [0, 0.05) is 44.3 Å². The Kier molecular flexibility index (Phi) is 5.79. The number of amides is 2. The molecular formula is C18H23ClFN3O3. The Morgan fingerprint density at radius 1 is 1.38 bits per heavy atom. The molecule has 3 atom stereocenters. The van der Waals surface area contributed by atoms with Gasteiger partial charge < -0.3 is 15.0 Å². The molecule has 0 radical (unpaired) electrons. The van der Waals surface area contributed by atoms with Crippen molar-refractivity contribution in [1.82, 2.24) is 15.1 Å². The molecule has 2 aliphatic heterocycles. The summed E-state index contributed by atoms with van der Waals surface area (Å²) in [4.78, 5) is 28.0. The van der Waals surface area contributed by atoms with E-state index in [0.717, 1.165) is 6.42 Å². The maximum atomic E-state index is 13.8. The molecule has 26 heavy (non-hydrogen) atoms. The van der Waals surface area contributed by atoms with Crippen LogP contribution in [0, 0.1) is 5.82 Å². The van der Waals surface area contributed by atoms with Crippen molar-refractivity contribution in [3.05, 3.63) is 34.6 Å². The van der Waals surface area contributed by atoms with Crippen molar-refractivity contribution in [1.29, 1.82) is 0 Å². The molecular weight excluding hydrogens is 361 g/mol. The third kappa shape index (κ3) is 4.34. The van der Waals surface area contributed by atoms with Gasteiger partial charge in [0.25, 0.3) is 5.91 Å². The molecule has 8 heteroatoms. The lowest BCUT2D eigenvalue weighted by atomic mass is 10.1. The third-order valence-corrected chi connectivity index (χ3v) is 5.13. The lowest BCUT2D eigenvalue weighted by molar-refractivity contribution is -0.134. The second-order valence-corrected chi connectivity index (χ2v) is 7.52. The van der Waals surface area contributed by atoms with E-state index in [9.17, 15) is 14.0 Å². The van der Waals surface area contributed by atoms with Gasteiger partial charge in [-0.2, -0.15) is 0 Å². The summed E-state index contributed by atoms with van der Waals surface area (Å²) in [5.74, 6) is -1.02. The Bertz CT molecular complexity index is 700. The first-order valence-corrected chi connectivity index (χ1v) is 9.03. The van der Waals surface area contributed by atoms with Crippen LogP contribution >= 0.6 is 11.6 Å². The second kappa shape index (κ2) is 7.90. The summed E-state index contributed by atoms with van der Waals surface area (Å²) < 4.78 is 19.6. The van der Waals surface area contributed by atoms with Crippen LogP contribution in [0.2, 0.25) is 5.02 Å². The van der Waals surface area contributed by atoms with E-state index in [0.29, 0.717) is 31.1 Å². The lowest BCUT2D eigenvalue weighted by Gasteiger charge is -2.35. The van der Waals surface area contributed by atoms with Gasteiger partial charge in [-0.05, 0) is 24.6 Å². The molecule has 2 amide bonds. The fraction of sp³-hybridized carbons (Fsp3) is 0.556. The minimum absolute atomic E-state index is 0.0360. The number of hydrogen-bond donors (Lipinski definition) is 1. The van der Waals surface area contributed by atoms with Crippen LogP contribution in [0.3, 0.4) is 0 Å². The topological polar surface area (TPSA) is 61.9 Å². The van der Waals surface area contributed by atoms with Crippen molar-refractivity contribution in [2.75, 3.05) is 33.8 Å². The fourth-order valence-electron chi connectivity index (χ4n) is 3.48. The Hall–Kier alpha value is -1.70. The van der Waals surface area contributed by atoms with E-state index >= 15 is 0 Å². The van der Waals surface area contributed by atoms with Crippen LogP contribution in [0.15, 0.2) is 18.2 Å². The molecule has 2 heterocycles. The monoisotopic (exact) mass is 383 g/mol. The van der Waals surface area contributed by atoms with Gasteiger partial charge in [-0.3, -0.25) is 14.5 Å². The molecule has 2 saturated heterocycles. The first kappa shape index (κ1) is 19.1. The van der Waals surface area contributed by atoms with Gasteiger partial charge in [0.05, 0.1) is 24.7 Å². The Balaban J connectivity index is 1.56. The largest absolute Gasteiger partial charge is 0.375 e. The highest BCUT2D eigenvalue weighted by molar-refractivity contribution is 6.31. The molecule has 3 rings (SSSR count). The molecule has 1 aromatic carbocycles. The minimum atomic E-state index is -0.590. The molecule has 2 fully saturated rings. The predicted octanol–water partition coefficient (Wildman–Crippen LogP) is 1.53. The fourth-order valence-corrected chi connectivity index (χ4v) is 3.65. The third-order valence-electron chi connectivity index (χ3n) is 4.90. The number of hydrogen-bond acceptors (Lipinski definition) is 4. The van der Waals surface area contributed by atoms with E-state index in [1.807, 2.05) is 0 Å². The summed E-state index contributed by atoms with van der Waals surface area (Å²) >= 11 is 5.85. The summed E-state index contributed by atoms with van der Waals surface area (Å²) in [6.07, 6.45) is 0.949. The summed E-state index contributed by atoms with van der Waals surface area (Å²) in [6.45, 7) is 1.85. The molecule has 1 aromatic rings. The molecule has 0 aromatic heterocycles. The zero-order chi connectivity index (χ0) is 18.8. The van der Waals surface area contributed by atoms with Crippen molar-refractivity contribution in [2.45, 2.75) is 31.0 Å². The first-order chi connectivity index (χ1) is 12.3. The lowest BCUT2D eigenvalue weighted by Crippen LogP contribution is -2.47. The number of nitrogens with one attached hydrogen (secondary N) is 1. The molecule has 0 unspecified atom stereocenters. The number of halogens is 2. The van der Waals surface area contributed by atoms with Crippen molar-refractivity contribution in [3.63, 3.8) is 0 Å². The van der Waals surface area contributed by atoms with Gasteiger partial charge >= 0.3 is 0 Å². The minimum Gasteiger partial charge on any atom is -0.375 e. The predicted molar refractivity (Wildman–Crippen MR) is 95.7 cm³/mol. The molecule has 1 N–H and O–H groups in total. The normalized spacial score (nSPS) is 25.6. The first-order valence-electron chi connectivity index (χ1n) is 8.65. The molecule has 2 aliphatic rings. The van der Waals surface area contributed by atoms with Crippen LogP contribution in [-0.2, 0) is 9.53 Å². The van der Waals surface area contributed by atoms with Gasteiger partial charge in [0.2, 0.25) is 5.91 Å². The number of fused-ring (bicyclic) bond motifs is 1. The SMILES string of the molecule is CN(C)C(=O)C[C@H]1CN2C[C@@H](NC(=O)c3cc(Cl)ccc3F)C[C@H]2CO1. The highest BCUT2D eigenvalue weighted by Crippen LogP contribution is 2.25. The van der Waals surface area contributed by atoms with Gasteiger partial charge in [-0.1, -0.05) is 11.6 Å². The highest BCUT2D eigenvalue weighted by atomic mass is 35.5. The molecule has 0 aliphatic carbocycles. The number of ether oxygens (including phenoxy) is 1. The summed E-state index contributed by atoms with van der Waals surface area (Å²) in [7, 11) is 3.45. The van der Waals surface area contributed by atoms with Gasteiger partial charge in [-0.15, -0.1) is 0 Å². The van der Waals surface area contributed by atoms with Crippen molar-refractivity contribution in [2.24, 2.45) is 0 Å². The van der Waals surface area contributed by atoms with Crippen LogP contribution in [0.4, 0.5) is 4.39 Å². The average Bonchev–Trinajstić information content (AvgIpc) is 2.98. The van der Waals surface area contributed by atoms with E-state index in [2.05, 4.69) is 10.2 Å². The molecule has 0 spiro atoms. The number of carbonyl (C=O) groups excluding carboxylic acids is 2. The Labute approximate surface area is 157 Å². The van der Waals surface area contributed by atoms with E-state index in [-0.39, 0.29) is 29.7 Å². The maximum absolute atomic E-state index is 13.8. The van der Waals surface area contributed by atoms with Crippen molar-refractivity contribution < 1.29 is 18.7 Å². The van der Waals surface area contributed by atoms with Crippen LogP contribution < -0.4 is 5.32 Å². The van der Waals surface area contributed by atoms with E-state index < -0.39 is 11.7 Å². The summed E-state index contributed by atoms with van der Waals surface area (Å²) in [5, 5.41) is 3.20. The zero-order valence-electron chi connectivity index (χ0n) is 14.9. The number of benzene rings is 1. The van der Waals surface area contributed by atoms with Crippen molar-refractivity contribution >= 4 is 23.4 Å². The Morgan fingerprint density at radius 3 is 2.88 bits per heavy atom. The maximum Gasteiger partial charge on any atom is 0.254 e. The quantitative estimate of drug-likeness (QED) is 0.856. The molecule has 0 saturated carbocycles. The molecule has 0 bridgehead atoms. The smallest absolute Gasteiger partial charge is 0.254 e. The van der Waals surface area contributed by atoms with Crippen LogP contribution in [-0.4, -0.2) is 73.6 Å². The van der Waals surface area contributed by atoms with Gasteiger partial charge in [0.15, 0.2) is 0 Å². The van der Waals surface area contributed by atoms with Crippen LogP contribution in [0.25, 0.3) is 0 Å². The second-order valence-electron chi connectivity index (χ2n) is 7.09. The average molecular weight is 384 g/mol. The van der Waals surface area contributed by atoms with E-state index in [4.69, 9.17) is 16.3 Å².